The third kappa shape index (κ3) is 6.03. The summed E-state index contributed by atoms with van der Waals surface area (Å²) in [7, 11) is 3.09. The van der Waals surface area contributed by atoms with Crippen LogP contribution in [-0.4, -0.2) is 61.4 Å². The summed E-state index contributed by atoms with van der Waals surface area (Å²) < 4.78 is 24.9. The molecule has 0 unspecified atom stereocenters. The van der Waals surface area contributed by atoms with E-state index in [0.29, 0.717) is 29.0 Å². The summed E-state index contributed by atoms with van der Waals surface area (Å²) in [5.41, 5.74) is 3.25. The molecule has 0 aliphatic carbocycles. The van der Waals surface area contributed by atoms with Crippen LogP contribution in [0.1, 0.15) is 39.5 Å². The molecule has 0 saturated heterocycles. The van der Waals surface area contributed by atoms with E-state index in [1.807, 2.05) is 31.2 Å². The normalized spacial score (nSPS) is 14.9. The Morgan fingerprint density at radius 3 is 2.38 bits per heavy atom. The first-order chi connectivity index (χ1) is 17.9. The van der Waals surface area contributed by atoms with E-state index in [1.165, 1.54) is 23.1 Å². The Morgan fingerprint density at radius 2 is 1.73 bits per heavy atom. The first-order valence-electron chi connectivity index (χ1n) is 12.0. The minimum Gasteiger partial charge on any atom is -0.497 e. The van der Waals surface area contributed by atoms with Crippen LogP contribution in [0.3, 0.4) is 0 Å². The van der Waals surface area contributed by atoms with Crippen LogP contribution in [0.5, 0.6) is 5.75 Å². The van der Waals surface area contributed by atoms with E-state index in [2.05, 4.69) is 5.10 Å². The monoisotopic (exact) mass is 503 g/mol. The van der Waals surface area contributed by atoms with Crippen LogP contribution in [0.2, 0.25) is 0 Å². The summed E-state index contributed by atoms with van der Waals surface area (Å²) in [5, 5.41) is 5.94. The zero-order valence-corrected chi connectivity index (χ0v) is 21.2. The lowest BCUT2D eigenvalue weighted by molar-refractivity contribution is -0.133. The molecule has 7 nitrogen and oxygen atoms in total. The smallest absolute Gasteiger partial charge is 0.262 e. The van der Waals surface area contributed by atoms with Crippen LogP contribution in [0.25, 0.3) is 0 Å². The van der Waals surface area contributed by atoms with Crippen molar-refractivity contribution in [3.63, 3.8) is 0 Å². The highest BCUT2D eigenvalue weighted by molar-refractivity contribution is 6.04. The molecule has 1 aliphatic heterocycles. The van der Waals surface area contributed by atoms with E-state index < -0.39 is 11.9 Å². The summed E-state index contributed by atoms with van der Waals surface area (Å²) >= 11 is 0. The quantitative estimate of drug-likeness (QED) is 0.428. The third-order valence-electron chi connectivity index (χ3n) is 6.33. The Kier molecular flexibility index (Phi) is 8.30. The van der Waals surface area contributed by atoms with Crippen molar-refractivity contribution in [1.82, 2.24) is 9.91 Å². The Hall–Kier alpha value is -4.04. The van der Waals surface area contributed by atoms with E-state index in [0.717, 1.165) is 11.1 Å². The number of rotatable bonds is 9. The highest BCUT2D eigenvalue weighted by Crippen LogP contribution is 2.33. The van der Waals surface area contributed by atoms with Gasteiger partial charge in [0.2, 0.25) is 0 Å². The Bertz CT molecular complexity index is 1280. The molecule has 0 fully saturated rings. The fourth-order valence-electron chi connectivity index (χ4n) is 4.25. The fraction of sp³-hybridized carbons (Fsp3) is 0.276. The minimum atomic E-state index is -0.414. The lowest BCUT2D eigenvalue weighted by atomic mass is 9.97. The molecule has 1 heterocycles. The predicted molar refractivity (Wildman–Crippen MR) is 139 cm³/mol. The molecule has 3 aromatic rings. The molecular formula is C29H30FN3O4. The van der Waals surface area contributed by atoms with Gasteiger partial charge in [0, 0.05) is 31.2 Å². The van der Waals surface area contributed by atoms with Crippen molar-refractivity contribution in [1.29, 1.82) is 0 Å². The van der Waals surface area contributed by atoms with Crippen LogP contribution in [0.4, 0.5) is 4.39 Å². The molecule has 8 heteroatoms. The van der Waals surface area contributed by atoms with E-state index in [1.54, 1.807) is 49.6 Å². The van der Waals surface area contributed by atoms with Crippen LogP contribution < -0.4 is 4.74 Å². The Balaban J connectivity index is 1.62. The predicted octanol–water partition coefficient (Wildman–Crippen LogP) is 4.61. The van der Waals surface area contributed by atoms with Crippen molar-refractivity contribution in [2.24, 2.45) is 5.10 Å². The van der Waals surface area contributed by atoms with E-state index >= 15 is 0 Å². The van der Waals surface area contributed by atoms with Crippen LogP contribution in [-0.2, 0) is 9.53 Å². The maximum Gasteiger partial charge on any atom is 0.262 e. The van der Waals surface area contributed by atoms with E-state index in [9.17, 15) is 14.0 Å². The number of amides is 2. The van der Waals surface area contributed by atoms with Crippen molar-refractivity contribution in [3.8, 4) is 5.75 Å². The number of methoxy groups -OCH3 is 2. The molecule has 3 aromatic carbocycles. The molecule has 0 aromatic heterocycles. The van der Waals surface area contributed by atoms with E-state index in [4.69, 9.17) is 9.47 Å². The average molecular weight is 504 g/mol. The molecule has 0 N–H and O–H groups in total. The molecule has 2 amide bonds. The lowest BCUT2D eigenvalue weighted by Crippen LogP contribution is -2.42. The fourth-order valence-corrected chi connectivity index (χ4v) is 4.25. The highest BCUT2D eigenvalue weighted by Gasteiger charge is 2.35. The Morgan fingerprint density at radius 1 is 1.03 bits per heavy atom. The molecule has 37 heavy (non-hydrogen) atoms. The molecular weight excluding hydrogens is 473 g/mol. The van der Waals surface area contributed by atoms with Gasteiger partial charge in [-0.25, -0.2) is 9.40 Å². The maximum absolute atomic E-state index is 14.6. The van der Waals surface area contributed by atoms with Crippen molar-refractivity contribution >= 4 is 17.5 Å². The van der Waals surface area contributed by atoms with Crippen LogP contribution in [0.15, 0.2) is 77.9 Å². The average Bonchev–Trinajstić information content (AvgIpc) is 3.36. The third-order valence-corrected chi connectivity index (χ3v) is 6.33. The molecule has 0 radical (unpaired) electrons. The number of hydrogen-bond acceptors (Lipinski definition) is 5. The second kappa shape index (κ2) is 11.8. The van der Waals surface area contributed by atoms with Crippen molar-refractivity contribution in [2.45, 2.75) is 19.4 Å². The van der Waals surface area contributed by atoms with Gasteiger partial charge in [0.25, 0.3) is 11.8 Å². The largest absolute Gasteiger partial charge is 0.497 e. The number of carbonyl (C=O) groups is 2. The first-order valence-corrected chi connectivity index (χ1v) is 12.0. The second-order valence-electron chi connectivity index (χ2n) is 8.84. The molecule has 1 atom stereocenters. The second-order valence-corrected chi connectivity index (χ2v) is 8.84. The van der Waals surface area contributed by atoms with Crippen LogP contribution in [0, 0.1) is 12.7 Å². The number of halogens is 1. The zero-order chi connectivity index (χ0) is 26.4. The summed E-state index contributed by atoms with van der Waals surface area (Å²) in [6.07, 6.45) is 0.361. The molecule has 4 rings (SSSR count). The van der Waals surface area contributed by atoms with Gasteiger partial charge in [0.05, 0.1) is 25.5 Å². The van der Waals surface area contributed by atoms with Crippen LogP contribution >= 0.6 is 0 Å². The zero-order valence-electron chi connectivity index (χ0n) is 21.2. The minimum absolute atomic E-state index is 0.204. The number of benzene rings is 3. The molecule has 192 valence electrons. The van der Waals surface area contributed by atoms with E-state index in [-0.39, 0.29) is 31.5 Å². The number of nitrogens with zero attached hydrogens (tertiary/aromatic N) is 3. The van der Waals surface area contributed by atoms with Gasteiger partial charge in [-0.2, -0.15) is 5.10 Å². The highest BCUT2D eigenvalue weighted by atomic mass is 19.1. The standard InChI is InChI=1S/C29H30FN3O4/c1-20-8-10-21(11-9-20)27-18-26(24-6-4-5-7-25(24)30)31-33(27)28(34)19-32(16-17-36-2)29(35)22-12-14-23(37-3)15-13-22/h4-15,27H,16-19H2,1-3H3/t27-/m1/s1. The van der Waals surface area contributed by atoms with Gasteiger partial charge in [-0.15, -0.1) is 0 Å². The van der Waals surface area contributed by atoms with Gasteiger partial charge in [-0.1, -0.05) is 48.0 Å². The molecule has 0 bridgehead atoms. The summed E-state index contributed by atoms with van der Waals surface area (Å²) in [5.74, 6) is -0.439. The topological polar surface area (TPSA) is 71.4 Å². The summed E-state index contributed by atoms with van der Waals surface area (Å²) in [4.78, 5) is 28.4. The molecule has 0 spiro atoms. The van der Waals surface area contributed by atoms with Crippen molar-refractivity contribution in [2.75, 3.05) is 33.9 Å². The number of hydrazone groups is 1. The van der Waals surface area contributed by atoms with Crippen molar-refractivity contribution in [3.05, 3.63) is 101 Å². The van der Waals surface area contributed by atoms with Crippen molar-refractivity contribution < 1.29 is 23.5 Å². The van der Waals surface area contributed by atoms with Gasteiger partial charge < -0.3 is 14.4 Å². The maximum atomic E-state index is 14.6. The number of hydrogen-bond donors (Lipinski definition) is 0. The summed E-state index contributed by atoms with van der Waals surface area (Å²) in [6.45, 7) is 2.27. The SMILES string of the molecule is COCCN(CC(=O)N1N=C(c2ccccc2F)C[C@@H]1c1ccc(C)cc1)C(=O)c1ccc(OC)cc1. The summed E-state index contributed by atoms with van der Waals surface area (Å²) in [6, 6.07) is 20.5. The molecule has 1 aliphatic rings. The number of ether oxygens (including phenoxy) is 2. The van der Waals surface area contributed by atoms with Gasteiger partial charge in [0.15, 0.2) is 0 Å². The van der Waals surface area contributed by atoms with Gasteiger partial charge in [0.1, 0.15) is 18.1 Å². The number of aryl methyl sites for hydroxylation is 1. The van der Waals surface area contributed by atoms with Gasteiger partial charge >= 0.3 is 0 Å². The lowest BCUT2D eigenvalue weighted by Gasteiger charge is -2.27. The van der Waals surface area contributed by atoms with Gasteiger partial charge in [-0.05, 0) is 42.8 Å². The number of carbonyl (C=O) groups excluding carboxylic acids is 2. The molecule has 0 saturated carbocycles. The Labute approximate surface area is 216 Å². The van der Waals surface area contributed by atoms with Gasteiger partial charge in [-0.3, -0.25) is 9.59 Å². The first kappa shape index (κ1) is 26.0.